The van der Waals surface area contributed by atoms with Crippen LogP contribution in [0.4, 0.5) is 4.39 Å². The molecule has 4 nitrogen and oxygen atoms in total. The molecule has 1 aliphatic heterocycles. The van der Waals surface area contributed by atoms with Crippen LogP contribution in [0.2, 0.25) is 0 Å². The van der Waals surface area contributed by atoms with Gasteiger partial charge in [-0.25, -0.2) is 9.18 Å². The highest BCUT2D eigenvalue weighted by molar-refractivity contribution is 6.04. The lowest BCUT2D eigenvalue weighted by molar-refractivity contribution is -0.142. The van der Waals surface area contributed by atoms with Crippen LogP contribution in [0.3, 0.4) is 0 Å². The van der Waals surface area contributed by atoms with Gasteiger partial charge in [0.05, 0.1) is 0 Å². The summed E-state index contributed by atoms with van der Waals surface area (Å²) in [4.78, 5) is 15.6. The molecule has 0 radical (unpaired) electrons. The maximum absolute atomic E-state index is 13.6. The predicted octanol–water partition coefficient (Wildman–Crippen LogP) is 3.83. The number of benzene rings is 2. The molecule has 0 saturated heterocycles. The molecule has 0 unspecified atom stereocenters. The molecule has 124 valence electrons. The number of nitrogens with zero attached hydrogens (tertiary/aromatic N) is 1. The van der Waals surface area contributed by atoms with Gasteiger partial charge in [0.15, 0.2) is 5.54 Å². The number of hydrogen-bond donors (Lipinski definition) is 1. The molecule has 24 heavy (non-hydrogen) atoms. The summed E-state index contributed by atoms with van der Waals surface area (Å²) in [6.07, 6.45) is 1.14. The van der Waals surface area contributed by atoms with Crippen molar-refractivity contribution < 1.29 is 19.0 Å². The van der Waals surface area contributed by atoms with Crippen LogP contribution < -0.4 is 4.74 Å². The maximum atomic E-state index is 13.6. The quantitative estimate of drug-likeness (QED) is 0.908. The first kappa shape index (κ1) is 16.2. The van der Waals surface area contributed by atoms with Gasteiger partial charge in [-0.1, -0.05) is 18.2 Å². The number of carboxylic acid groups (broad SMARTS) is 1. The summed E-state index contributed by atoms with van der Waals surface area (Å²) in [5.41, 5.74) is 1.15. The summed E-state index contributed by atoms with van der Waals surface area (Å²) in [5.74, 6) is -0.564. The number of aliphatic imine (C=N–C) groups is 1. The lowest BCUT2D eigenvalue weighted by Gasteiger charge is -2.12. The first-order valence-corrected chi connectivity index (χ1v) is 7.77. The average molecular weight is 327 g/mol. The molecule has 2 aromatic rings. The molecule has 5 heteroatoms. The van der Waals surface area contributed by atoms with Crippen molar-refractivity contribution >= 4 is 11.7 Å². The Morgan fingerprint density at radius 3 is 2.58 bits per heavy atom. The number of aliphatic carboxylic acids is 1. The Morgan fingerprint density at radius 2 is 1.96 bits per heavy atom. The van der Waals surface area contributed by atoms with E-state index in [4.69, 9.17) is 4.74 Å². The average Bonchev–Trinajstić information content (AvgIpc) is 2.99. The van der Waals surface area contributed by atoms with Gasteiger partial charge < -0.3 is 9.84 Å². The molecule has 0 spiro atoms. The Bertz CT molecular complexity index is 785. The Hall–Kier alpha value is -2.69. The van der Waals surface area contributed by atoms with Crippen LogP contribution in [-0.2, 0) is 11.4 Å². The van der Waals surface area contributed by atoms with Gasteiger partial charge in [-0.05, 0) is 55.7 Å². The zero-order chi connectivity index (χ0) is 17.2. The van der Waals surface area contributed by atoms with Crippen LogP contribution in [0.25, 0.3) is 0 Å². The second kappa shape index (κ2) is 6.43. The van der Waals surface area contributed by atoms with Crippen molar-refractivity contribution in [3.05, 3.63) is 65.5 Å². The van der Waals surface area contributed by atoms with Gasteiger partial charge in [0.25, 0.3) is 0 Å². The van der Waals surface area contributed by atoms with E-state index >= 15 is 0 Å². The van der Waals surface area contributed by atoms with Crippen molar-refractivity contribution in [2.45, 2.75) is 31.9 Å². The van der Waals surface area contributed by atoms with Crippen molar-refractivity contribution in [1.29, 1.82) is 0 Å². The lowest BCUT2D eigenvalue weighted by atomic mass is 9.99. The van der Waals surface area contributed by atoms with Gasteiger partial charge in [-0.2, -0.15) is 0 Å². The minimum absolute atomic E-state index is 0.157. The molecule has 0 fully saturated rings. The van der Waals surface area contributed by atoms with Gasteiger partial charge in [0.1, 0.15) is 18.2 Å². The third-order valence-electron chi connectivity index (χ3n) is 4.23. The first-order valence-electron chi connectivity index (χ1n) is 7.77. The van der Waals surface area contributed by atoms with Crippen molar-refractivity contribution in [3.8, 4) is 5.75 Å². The third-order valence-corrected chi connectivity index (χ3v) is 4.23. The SMILES string of the molecule is C[C@@]1(C(=O)O)CCC(c2ccc(OCc3ccccc3F)cc2)=N1. The predicted molar refractivity (Wildman–Crippen MR) is 89.0 cm³/mol. The zero-order valence-corrected chi connectivity index (χ0v) is 13.3. The van der Waals surface area contributed by atoms with Gasteiger partial charge in [-0.15, -0.1) is 0 Å². The summed E-state index contributed by atoms with van der Waals surface area (Å²) in [5, 5.41) is 9.22. The number of rotatable bonds is 5. The van der Waals surface area contributed by atoms with E-state index in [1.807, 2.05) is 12.1 Å². The zero-order valence-electron chi connectivity index (χ0n) is 13.3. The fourth-order valence-electron chi connectivity index (χ4n) is 2.66. The second-order valence-electron chi connectivity index (χ2n) is 6.04. The standard InChI is InChI=1S/C19H18FNO3/c1-19(18(22)23)11-10-17(21-19)13-6-8-15(9-7-13)24-12-14-4-2-3-5-16(14)20/h2-9H,10-12H2,1H3,(H,22,23)/t19-/m0/s1. The summed E-state index contributed by atoms with van der Waals surface area (Å²) >= 11 is 0. The highest BCUT2D eigenvalue weighted by Gasteiger charge is 2.37. The molecule has 1 heterocycles. The minimum atomic E-state index is -1.03. The topological polar surface area (TPSA) is 58.9 Å². The van der Waals surface area contributed by atoms with Crippen LogP contribution in [0, 0.1) is 5.82 Å². The van der Waals surface area contributed by atoms with Crippen molar-refractivity contribution in [1.82, 2.24) is 0 Å². The molecular formula is C19H18FNO3. The highest BCUT2D eigenvalue weighted by atomic mass is 19.1. The fraction of sp³-hybridized carbons (Fsp3) is 0.263. The molecule has 0 aromatic heterocycles. The summed E-state index contributed by atoms with van der Waals surface area (Å²) in [7, 11) is 0. The number of carbonyl (C=O) groups is 1. The lowest BCUT2D eigenvalue weighted by Crippen LogP contribution is -2.30. The van der Waals surface area contributed by atoms with Crippen LogP contribution in [0.5, 0.6) is 5.75 Å². The van der Waals surface area contributed by atoms with Crippen molar-refractivity contribution in [3.63, 3.8) is 0 Å². The van der Waals surface area contributed by atoms with Gasteiger partial charge in [0.2, 0.25) is 0 Å². The molecule has 1 aliphatic rings. The van der Waals surface area contributed by atoms with E-state index < -0.39 is 11.5 Å². The maximum Gasteiger partial charge on any atom is 0.331 e. The summed E-state index contributed by atoms with van der Waals surface area (Å²) in [6, 6.07) is 13.8. The van der Waals surface area contributed by atoms with E-state index in [0.29, 0.717) is 24.2 Å². The van der Waals surface area contributed by atoms with Crippen LogP contribution in [-0.4, -0.2) is 22.3 Å². The second-order valence-corrected chi connectivity index (χ2v) is 6.04. The van der Waals surface area contributed by atoms with Crippen molar-refractivity contribution in [2.24, 2.45) is 4.99 Å². The number of carboxylic acids is 1. The Kier molecular flexibility index (Phi) is 4.34. The number of hydrogen-bond acceptors (Lipinski definition) is 3. The van der Waals surface area contributed by atoms with Gasteiger partial charge in [-0.3, -0.25) is 4.99 Å². The molecular weight excluding hydrogens is 309 g/mol. The van der Waals surface area contributed by atoms with E-state index in [2.05, 4.69) is 4.99 Å². The van der Waals surface area contributed by atoms with Crippen LogP contribution in [0.1, 0.15) is 30.9 Å². The largest absolute Gasteiger partial charge is 0.489 e. The Balaban J connectivity index is 1.68. The highest BCUT2D eigenvalue weighted by Crippen LogP contribution is 2.29. The minimum Gasteiger partial charge on any atom is -0.489 e. The summed E-state index contributed by atoms with van der Waals surface area (Å²) < 4.78 is 19.2. The molecule has 0 amide bonds. The monoisotopic (exact) mass is 327 g/mol. The first-order chi connectivity index (χ1) is 11.5. The Morgan fingerprint density at radius 1 is 1.25 bits per heavy atom. The smallest absolute Gasteiger partial charge is 0.331 e. The summed E-state index contributed by atoms with van der Waals surface area (Å²) in [6.45, 7) is 1.79. The van der Waals surface area contributed by atoms with Crippen LogP contribution >= 0.6 is 0 Å². The molecule has 1 atom stereocenters. The molecule has 1 N–H and O–H groups in total. The third kappa shape index (κ3) is 3.30. The van der Waals surface area contributed by atoms with E-state index in [-0.39, 0.29) is 12.4 Å². The van der Waals surface area contributed by atoms with E-state index in [1.54, 1.807) is 37.3 Å². The molecule has 0 bridgehead atoms. The van der Waals surface area contributed by atoms with Gasteiger partial charge in [0, 0.05) is 11.3 Å². The van der Waals surface area contributed by atoms with E-state index in [1.165, 1.54) is 6.07 Å². The Labute approximate surface area is 139 Å². The van der Waals surface area contributed by atoms with Gasteiger partial charge >= 0.3 is 5.97 Å². The molecule has 0 aliphatic carbocycles. The molecule has 0 saturated carbocycles. The molecule has 3 rings (SSSR count). The molecule has 2 aromatic carbocycles. The van der Waals surface area contributed by atoms with Crippen LogP contribution in [0.15, 0.2) is 53.5 Å². The van der Waals surface area contributed by atoms with Crippen molar-refractivity contribution in [2.75, 3.05) is 0 Å². The number of halogens is 1. The normalized spacial score (nSPS) is 19.8. The van der Waals surface area contributed by atoms with E-state index in [9.17, 15) is 14.3 Å². The number of ether oxygens (including phenoxy) is 1. The van der Waals surface area contributed by atoms with E-state index in [0.717, 1.165) is 11.3 Å². The fourth-order valence-corrected chi connectivity index (χ4v) is 2.66.